The number of piperidine rings is 1. The van der Waals surface area contributed by atoms with Gasteiger partial charge in [-0.3, -0.25) is 4.90 Å². The van der Waals surface area contributed by atoms with E-state index in [1.165, 1.54) is 17.2 Å². The third kappa shape index (κ3) is 4.11. The van der Waals surface area contributed by atoms with Gasteiger partial charge in [0.25, 0.3) is 0 Å². The van der Waals surface area contributed by atoms with Crippen LogP contribution in [0.3, 0.4) is 0 Å². The molecule has 2 aliphatic rings. The second-order valence-corrected chi connectivity index (χ2v) is 8.34. The standard InChI is InChI=1S/C21H24FN3O2S/c22-20-4-3-16(12-21(20)23)15-1-2-18-13-25(10-5-17(18)11-15)19-6-8-24(9-7-19)14-28(26)27/h1-5,10-12,19H,6-9,13-14,23H2,(H,26,27). The van der Waals surface area contributed by atoms with Crippen LogP contribution in [-0.2, 0) is 17.6 Å². The lowest BCUT2D eigenvalue weighted by Gasteiger charge is -2.39. The van der Waals surface area contributed by atoms with Crippen molar-refractivity contribution in [3.8, 4) is 11.1 Å². The highest BCUT2D eigenvalue weighted by atomic mass is 32.2. The molecule has 3 N–H and O–H groups in total. The number of fused-ring (bicyclic) bond motifs is 1. The summed E-state index contributed by atoms with van der Waals surface area (Å²) in [5, 5.41) is 0. The van der Waals surface area contributed by atoms with Gasteiger partial charge in [0.2, 0.25) is 0 Å². The molecule has 2 heterocycles. The molecule has 1 saturated heterocycles. The van der Waals surface area contributed by atoms with Crippen molar-refractivity contribution >= 4 is 22.8 Å². The molecule has 4 rings (SSSR count). The van der Waals surface area contributed by atoms with Gasteiger partial charge in [-0.2, -0.15) is 0 Å². The number of hydrogen-bond acceptors (Lipinski definition) is 4. The molecule has 148 valence electrons. The van der Waals surface area contributed by atoms with Gasteiger partial charge in [-0.15, -0.1) is 0 Å². The number of nitrogens with zero attached hydrogens (tertiary/aromatic N) is 2. The minimum Gasteiger partial charge on any atom is -0.396 e. The third-order valence-corrected chi connectivity index (χ3v) is 6.18. The first-order valence-corrected chi connectivity index (χ1v) is 10.7. The lowest BCUT2D eigenvalue weighted by atomic mass is 9.95. The van der Waals surface area contributed by atoms with Crippen LogP contribution >= 0.6 is 0 Å². The first-order valence-electron chi connectivity index (χ1n) is 9.42. The highest BCUT2D eigenvalue weighted by molar-refractivity contribution is 7.79. The molecule has 28 heavy (non-hydrogen) atoms. The van der Waals surface area contributed by atoms with Gasteiger partial charge in [0.15, 0.2) is 11.1 Å². The van der Waals surface area contributed by atoms with Gasteiger partial charge in [-0.1, -0.05) is 18.2 Å². The molecule has 1 unspecified atom stereocenters. The van der Waals surface area contributed by atoms with Crippen molar-refractivity contribution in [2.75, 3.05) is 24.7 Å². The van der Waals surface area contributed by atoms with E-state index in [9.17, 15) is 8.60 Å². The van der Waals surface area contributed by atoms with Crippen LogP contribution in [0.25, 0.3) is 17.2 Å². The quantitative estimate of drug-likeness (QED) is 0.606. The smallest absolute Gasteiger partial charge is 0.167 e. The van der Waals surface area contributed by atoms with Crippen LogP contribution < -0.4 is 5.73 Å². The van der Waals surface area contributed by atoms with E-state index in [0.717, 1.165) is 43.6 Å². The zero-order chi connectivity index (χ0) is 19.7. The lowest BCUT2D eigenvalue weighted by molar-refractivity contribution is 0.150. The molecule has 1 atom stereocenters. The summed E-state index contributed by atoms with van der Waals surface area (Å²) < 4.78 is 33.4. The SMILES string of the molecule is Nc1cc(-c2ccc3c(c2)C=CN(C2CCN(CS(=O)O)CC2)C3)ccc1F. The summed E-state index contributed by atoms with van der Waals surface area (Å²) in [5.74, 6) is -0.157. The van der Waals surface area contributed by atoms with Gasteiger partial charge >= 0.3 is 0 Å². The third-order valence-electron chi connectivity index (χ3n) is 5.59. The Hall–Kier alpha value is -2.22. The molecule has 5 nitrogen and oxygen atoms in total. The lowest BCUT2D eigenvalue weighted by Crippen LogP contribution is -2.44. The van der Waals surface area contributed by atoms with E-state index in [0.29, 0.717) is 6.04 Å². The van der Waals surface area contributed by atoms with Gasteiger partial charge in [-0.25, -0.2) is 8.60 Å². The van der Waals surface area contributed by atoms with Crippen molar-refractivity contribution in [2.24, 2.45) is 0 Å². The molecule has 0 aromatic heterocycles. The van der Waals surface area contributed by atoms with Crippen LogP contribution in [0.15, 0.2) is 42.6 Å². The maximum absolute atomic E-state index is 13.4. The zero-order valence-electron chi connectivity index (χ0n) is 15.6. The molecule has 2 aromatic carbocycles. The van der Waals surface area contributed by atoms with Gasteiger partial charge < -0.3 is 15.2 Å². The molecule has 0 saturated carbocycles. The van der Waals surface area contributed by atoms with Gasteiger partial charge in [0.05, 0.1) is 5.69 Å². The summed E-state index contributed by atoms with van der Waals surface area (Å²) in [6.45, 7) is 2.55. The number of anilines is 1. The minimum absolute atomic E-state index is 0.160. The highest BCUT2D eigenvalue weighted by Gasteiger charge is 2.25. The second kappa shape index (κ2) is 8.03. The molecule has 0 bridgehead atoms. The summed E-state index contributed by atoms with van der Waals surface area (Å²) >= 11 is -1.76. The van der Waals surface area contributed by atoms with Crippen LogP contribution in [0, 0.1) is 5.82 Å². The van der Waals surface area contributed by atoms with Gasteiger partial charge in [-0.05, 0) is 59.4 Å². The number of nitrogen functional groups attached to an aromatic ring is 1. The van der Waals surface area contributed by atoms with Gasteiger partial charge in [0, 0.05) is 31.9 Å². The van der Waals surface area contributed by atoms with Gasteiger partial charge in [0.1, 0.15) is 11.7 Å². The highest BCUT2D eigenvalue weighted by Crippen LogP contribution is 2.30. The summed E-state index contributed by atoms with van der Waals surface area (Å²) in [4.78, 5) is 4.42. The Balaban J connectivity index is 1.45. The van der Waals surface area contributed by atoms with Crippen molar-refractivity contribution in [3.63, 3.8) is 0 Å². The molecule has 7 heteroatoms. The number of likely N-dealkylation sites (tertiary alicyclic amines) is 1. The van der Waals surface area contributed by atoms with E-state index in [1.54, 1.807) is 12.1 Å². The fourth-order valence-corrected chi connectivity index (χ4v) is 4.58. The molecule has 0 amide bonds. The Morgan fingerprint density at radius 3 is 2.57 bits per heavy atom. The summed E-state index contributed by atoms with van der Waals surface area (Å²) in [7, 11) is 0. The fourth-order valence-electron chi connectivity index (χ4n) is 4.01. The van der Waals surface area contributed by atoms with Crippen molar-refractivity contribution in [2.45, 2.75) is 25.4 Å². The Morgan fingerprint density at radius 2 is 1.86 bits per heavy atom. The average Bonchev–Trinajstić information content (AvgIpc) is 2.69. The summed E-state index contributed by atoms with van der Waals surface area (Å²) in [5.41, 5.74) is 10.2. The predicted octanol–water partition coefficient (Wildman–Crippen LogP) is 3.50. The molecule has 0 aliphatic carbocycles. The number of hydrogen-bond donors (Lipinski definition) is 2. The molecular weight excluding hydrogens is 377 g/mol. The van der Waals surface area contributed by atoms with E-state index in [2.05, 4.69) is 40.3 Å². The number of benzene rings is 2. The normalized spacial score (nSPS) is 18.9. The van der Waals surface area contributed by atoms with Crippen molar-refractivity contribution in [1.29, 1.82) is 0 Å². The number of halogens is 1. The van der Waals surface area contributed by atoms with E-state index in [1.807, 2.05) is 0 Å². The van der Waals surface area contributed by atoms with Crippen molar-refractivity contribution in [3.05, 3.63) is 59.5 Å². The van der Waals surface area contributed by atoms with E-state index >= 15 is 0 Å². The topological polar surface area (TPSA) is 69.8 Å². The predicted molar refractivity (Wildman–Crippen MR) is 111 cm³/mol. The summed E-state index contributed by atoms with van der Waals surface area (Å²) in [6.07, 6.45) is 6.26. The van der Waals surface area contributed by atoms with Crippen LogP contribution in [0.1, 0.15) is 24.0 Å². The van der Waals surface area contributed by atoms with Crippen LogP contribution in [0.5, 0.6) is 0 Å². The van der Waals surface area contributed by atoms with E-state index in [4.69, 9.17) is 10.3 Å². The largest absolute Gasteiger partial charge is 0.396 e. The zero-order valence-corrected chi connectivity index (χ0v) is 16.4. The van der Waals surface area contributed by atoms with Crippen LogP contribution in [0.2, 0.25) is 0 Å². The van der Waals surface area contributed by atoms with Crippen LogP contribution in [-0.4, -0.2) is 43.6 Å². The minimum atomic E-state index is -1.76. The maximum Gasteiger partial charge on any atom is 0.167 e. The first-order chi connectivity index (χ1) is 13.5. The molecule has 0 spiro atoms. The Kier molecular flexibility index (Phi) is 5.48. The first kappa shape index (κ1) is 19.1. The number of rotatable bonds is 4. The number of nitrogens with two attached hydrogens (primary N) is 1. The van der Waals surface area contributed by atoms with Crippen LogP contribution in [0.4, 0.5) is 10.1 Å². The van der Waals surface area contributed by atoms with Crippen molar-refractivity contribution in [1.82, 2.24) is 9.80 Å². The monoisotopic (exact) mass is 401 g/mol. The average molecular weight is 402 g/mol. The molecule has 2 aliphatic heterocycles. The van der Waals surface area contributed by atoms with E-state index in [-0.39, 0.29) is 11.6 Å². The van der Waals surface area contributed by atoms with E-state index < -0.39 is 16.9 Å². The Bertz CT molecular complexity index is 926. The van der Waals surface area contributed by atoms with Crippen molar-refractivity contribution < 1.29 is 13.2 Å². The Labute approximate surface area is 166 Å². The fraction of sp³-hybridized carbons (Fsp3) is 0.333. The molecular formula is C21H24FN3O2S. The molecule has 0 radical (unpaired) electrons. The maximum atomic E-state index is 13.4. The molecule has 1 fully saturated rings. The Morgan fingerprint density at radius 1 is 1.14 bits per heavy atom. The molecule has 2 aromatic rings. The second-order valence-electron chi connectivity index (χ2n) is 7.44. The summed E-state index contributed by atoms with van der Waals surface area (Å²) in [6, 6.07) is 11.6.